The smallest absolute Gasteiger partial charge is 0.130 e. The van der Waals surface area contributed by atoms with Gasteiger partial charge in [0.1, 0.15) is 10.5 Å². The highest BCUT2D eigenvalue weighted by atomic mass is 32.1. The van der Waals surface area contributed by atoms with Gasteiger partial charge >= 0.3 is 0 Å². The van der Waals surface area contributed by atoms with Gasteiger partial charge in [0.2, 0.25) is 0 Å². The summed E-state index contributed by atoms with van der Waals surface area (Å²) in [6.07, 6.45) is 2.23. The zero-order valence-electron chi connectivity index (χ0n) is 10.7. The maximum Gasteiger partial charge on any atom is 0.130 e. The minimum absolute atomic E-state index is 0.0702. The van der Waals surface area contributed by atoms with E-state index in [9.17, 15) is 0 Å². The molecule has 1 aromatic rings. The molecule has 0 spiro atoms. The Bertz CT molecular complexity index is 441. The van der Waals surface area contributed by atoms with Crippen molar-refractivity contribution in [2.24, 2.45) is 0 Å². The predicted molar refractivity (Wildman–Crippen MR) is 70.9 cm³/mol. The second kappa shape index (κ2) is 4.86. The highest BCUT2D eigenvalue weighted by Crippen LogP contribution is 2.25. The van der Waals surface area contributed by atoms with Crippen molar-refractivity contribution >= 4 is 12.2 Å². The number of ether oxygens (including phenoxy) is 1. The lowest BCUT2D eigenvalue weighted by molar-refractivity contribution is 0.0779. The summed E-state index contributed by atoms with van der Waals surface area (Å²) in [5.74, 6) is 1.36. The summed E-state index contributed by atoms with van der Waals surface area (Å²) in [5, 5.41) is 0. The van der Waals surface area contributed by atoms with Crippen molar-refractivity contribution in [2.45, 2.75) is 44.9 Å². The summed E-state index contributed by atoms with van der Waals surface area (Å²) in [6, 6.07) is 1.96. The maximum absolute atomic E-state index is 5.51. The van der Waals surface area contributed by atoms with Crippen LogP contribution in [0.15, 0.2) is 6.07 Å². The first-order valence-electron chi connectivity index (χ1n) is 6.16. The standard InChI is InChI=1S/C13H20N2OS/c1-13(2,3)10-7-11(17)15-12(14-10)9-5-4-6-16-8-9/h7,9H,4-6,8H2,1-3H3,(H,14,15,17). The molecule has 0 bridgehead atoms. The molecule has 17 heavy (non-hydrogen) atoms. The molecule has 1 atom stereocenters. The molecule has 1 aliphatic rings. The maximum atomic E-state index is 5.51. The van der Waals surface area contributed by atoms with E-state index in [0.29, 0.717) is 10.6 Å². The Morgan fingerprint density at radius 3 is 2.82 bits per heavy atom. The van der Waals surface area contributed by atoms with Crippen LogP contribution in [0.5, 0.6) is 0 Å². The van der Waals surface area contributed by atoms with Crippen molar-refractivity contribution in [3.05, 3.63) is 22.2 Å². The molecule has 1 aliphatic heterocycles. The number of H-pyrrole nitrogens is 1. The van der Waals surface area contributed by atoms with Crippen LogP contribution in [0.3, 0.4) is 0 Å². The number of rotatable bonds is 1. The first kappa shape index (κ1) is 12.7. The van der Waals surface area contributed by atoms with E-state index in [-0.39, 0.29) is 5.41 Å². The first-order valence-corrected chi connectivity index (χ1v) is 6.57. The number of hydrogen-bond acceptors (Lipinski definition) is 3. The lowest BCUT2D eigenvalue weighted by Gasteiger charge is -2.24. The zero-order chi connectivity index (χ0) is 12.5. The largest absolute Gasteiger partial charge is 0.381 e. The molecule has 0 aliphatic carbocycles. The van der Waals surface area contributed by atoms with Crippen LogP contribution in [0.2, 0.25) is 0 Å². The van der Waals surface area contributed by atoms with Gasteiger partial charge < -0.3 is 9.72 Å². The highest BCUT2D eigenvalue weighted by Gasteiger charge is 2.21. The highest BCUT2D eigenvalue weighted by molar-refractivity contribution is 7.71. The van der Waals surface area contributed by atoms with E-state index >= 15 is 0 Å². The van der Waals surface area contributed by atoms with Crippen LogP contribution < -0.4 is 0 Å². The van der Waals surface area contributed by atoms with Gasteiger partial charge in [-0.05, 0) is 18.9 Å². The average molecular weight is 252 g/mol. The summed E-state index contributed by atoms with van der Waals surface area (Å²) in [4.78, 5) is 7.89. The predicted octanol–water partition coefficient (Wildman–Crippen LogP) is 3.33. The van der Waals surface area contributed by atoms with Crippen molar-refractivity contribution in [1.29, 1.82) is 0 Å². The first-order chi connectivity index (χ1) is 7.97. The van der Waals surface area contributed by atoms with Crippen LogP contribution in [0.4, 0.5) is 0 Å². The van der Waals surface area contributed by atoms with Crippen LogP contribution in [0.1, 0.15) is 51.0 Å². The van der Waals surface area contributed by atoms with Crippen LogP contribution in [-0.2, 0) is 10.2 Å². The lowest BCUT2D eigenvalue weighted by Crippen LogP contribution is -2.21. The van der Waals surface area contributed by atoms with Gasteiger partial charge in [-0.2, -0.15) is 0 Å². The van der Waals surface area contributed by atoms with Crippen LogP contribution >= 0.6 is 12.2 Å². The van der Waals surface area contributed by atoms with Crippen molar-refractivity contribution in [1.82, 2.24) is 9.97 Å². The normalized spacial score (nSPS) is 21.5. The van der Waals surface area contributed by atoms with Gasteiger partial charge in [0.05, 0.1) is 6.61 Å². The fraction of sp³-hybridized carbons (Fsp3) is 0.692. The molecule has 1 aromatic heterocycles. The summed E-state index contributed by atoms with van der Waals surface area (Å²) in [5.41, 5.74) is 1.22. The van der Waals surface area contributed by atoms with E-state index in [2.05, 4.69) is 30.7 Å². The van der Waals surface area contributed by atoms with Crippen molar-refractivity contribution in [3.63, 3.8) is 0 Å². The molecule has 0 aromatic carbocycles. The third-order valence-corrected chi connectivity index (χ3v) is 3.33. The zero-order valence-corrected chi connectivity index (χ0v) is 11.6. The van der Waals surface area contributed by atoms with Gasteiger partial charge in [0, 0.05) is 23.6 Å². The quantitative estimate of drug-likeness (QED) is 0.779. The fourth-order valence-electron chi connectivity index (χ4n) is 2.03. The number of nitrogens with one attached hydrogen (secondary N) is 1. The van der Waals surface area contributed by atoms with Crippen LogP contribution in [0, 0.1) is 4.64 Å². The van der Waals surface area contributed by atoms with E-state index in [0.717, 1.165) is 37.6 Å². The average Bonchev–Trinajstić information content (AvgIpc) is 2.28. The van der Waals surface area contributed by atoms with Crippen molar-refractivity contribution < 1.29 is 4.74 Å². The number of aromatic nitrogens is 2. The van der Waals surface area contributed by atoms with Gasteiger partial charge in [-0.15, -0.1) is 0 Å². The lowest BCUT2D eigenvalue weighted by atomic mass is 9.91. The van der Waals surface area contributed by atoms with E-state index in [1.807, 2.05) is 6.07 Å². The summed E-state index contributed by atoms with van der Waals surface area (Å²) < 4.78 is 6.18. The summed E-state index contributed by atoms with van der Waals surface area (Å²) >= 11 is 5.25. The van der Waals surface area contributed by atoms with Crippen molar-refractivity contribution in [2.75, 3.05) is 13.2 Å². The van der Waals surface area contributed by atoms with Gasteiger partial charge in [0.25, 0.3) is 0 Å². The second-order valence-electron chi connectivity index (χ2n) is 5.68. The Kier molecular flexibility index (Phi) is 3.64. The molecule has 0 radical (unpaired) electrons. The number of nitrogens with zero attached hydrogens (tertiary/aromatic N) is 1. The van der Waals surface area contributed by atoms with Gasteiger partial charge in [-0.3, -0.25) is 0 Å². The molecule has 2 heterocycles. The Labute approximate surface area is 108 Å². The number of hydrogen-bond donors (Lipinski definition) is 1. The molecule has 1 N–H and O–H groups in total. The minimum atomic E-state index is 0.0702. The van der Waals surface area contributed by atoms with Gasteiger partial charge in [0.15, 0.2) is 0 Å². The topological polar surface area (TPSA) is 37.9 Å². The third-order valence-electron chi connectivity index (χ3n) is 3.12. The summed E-state index contributed by atoms with van der Waals surface area (Å²) in [7, 11) is 0. The van der Waals surface area contributed by atoms with Crippen LogP contribution in [-0.4, -0.2) is 23.2 Å². The van der Waals surface area contributed by atoms with Gasteiger partial charge in [-0.1, -0.05) is 33.0 Å². The fourth-order valence-corrected chi connectivity index (χ4v) is 2.25. The molecule has 1 saturated heterocycles. The van der Waals surface area contributed by atoms with E-state index in [1.165, 1.54) is 0 Å². The molecule has 1 fully saturated rings. The van der Waals surface area contributed by atoms with Crippen LogP contribution in [0.25, 0.3) is 0 Å². The Morgan fingerprint density at radius 1 is 1.47 bits per heavy atom. The molecule has 0 saturated carbocycles. The monoisotopic (exact) mass is 252 g/mol. The third kappa shape index (κ3) is 3.13. The molecule has 0 amide bonds. The molecule has 94 valence electrons. The molecular formula is C13H20N2OS. The van der Waals surface area contributed by atoms with Gasteiger partial charge in [-0.25, -0.2) is 4.98 Å². The van der Waals surface area contributed by atoms with Crippen molar-refractivity contribution in [3.8, 4) is 0 Å². The minimum Gasteiger partial charge on any atom is -0.381 e. The summed E-state index contributed by atoms with van der Waals surface area (Å²) in [6.45, 7) is 8.15. The Morgan fingerprint density at radius 2 is 2.24 bits per heavy atom. The second-order valence-corrected chi connectivity index (χ2v) is 6.10. The molecule has 2 rings (SSSR count). The molecule has 1 unspecified atom stereocenters. The van der Waals surface area contributed by atoms with E-state index in [4.69, 9.17) is 17.0 Å². The van der Waals surface area contributed by atoms with E-state index in [1.54, 1.807) is 0 Å². The number of aromatic amines is 1. The Hall–Kier alpha value is -0.740. The Balaban J connectivity index is 2.34. The molecule has 4 heteroatoms. The molecular weight excluding hydrogens is 232 g/mol. The molecule has 3 nitrogen and oxygen atoms in total. The van der Waals surface area contributed by atoms with E-state index < -0.39 is 0 Å². The SMILES string of the molecule is CC(C)(C)c1cc(=S)nc(C2CCCOC2)[nH]1.